The second-order valence-electron chi connectivity index (χ2n) is 6.92. The molecule has 10 heteroatoms. The van der Waals surface area contributed by atoms with E-state index in [1.807, 2.05) is 42.5 Å². The molecule has 2 aromatic heterocycles. The van der Waals surface area contributed by atoms with Crippen molar-refractivity contribution in [2.45, 2.75) is 0 Å². The molecule has 0 amide bonds. The molecular weight excluding hydrogens is 438 g/mol. The Morgan fingerprint density at radius 3 is 2.42 bits per heavy atom. The van der Waals surface area contributed by atoms with Crippen molar-refractivity contribution in [3.05, 3.63) is 82.5 Å². The van der Waals surface area contributed by atoms with Crippen molar-refractivity contribution < 1.29 is 8.42 Å². The third-order valence-electron chi connectivity index (χ3n) is 4.66. The molecule has 0 spiro atoms. The number of fused-ring (bicyclic) bond motifs is 1. The molecule has 1 N–H and O–H groups in total. The highest BCUT2D eigenvalue weighted by atomic mass is 35.5. The minimum absolute atomic E-state index is 0.0258. The Hall–Kier alpha value is -3.27. The van der Waals surface area contributed by atoms with E-state index in [0.29, 0.717) is 22.3 Å². The maximum absolute atomic E-state index is 12.6. The molecule has 2 heterocycles. The average Bonchev–Trinajstić information content (AvgIpc) is 2.75. The minimum atomic E-state index is -3.75. The number of nitrogens with zero attached hydrogens (tertiary/aromatic N) is 4. The zero-order valence-corrected chi connectivity index (χ0v) is 18.2. The molecule has 2 aromatic carbocycles. The van der Waals surface area contributed by atoms with Gasteiger partial charge in [0.2, 0.25) is 0 Å². The van der Waals surface area contributed by atoms with E-state index in [4.69, 9.17) is 11.6 Å². The van der Waals surface area contributed by atoms with Gasteiger partial charge in [0.15, 0.2) is 5.15 Å². The van der Waals surface area contributed by atoms with Crippen LogP contribution in [0.15, 0.2) is 71.8 Å². The zero-order valence-electron chi connectivity index (χ0n) is 16.7. The summed E-state index contributed by atoms with van der Waals surface area (Å²) in [4.78, 5) is 20.9. The molecule has 0 unspecified atom stereocenters. The lowest BCUT2D eigenvalue weighted by Crippen LogP contribution is -2.29. The first-order valence-electron chi connectivity index (χ1n) is 9.20. The fourth-order valence-corrected chi connectivity index (χ4v) is 3.87. The van der Waals surface area contributed by atoms with Gasteiger partial charge in [0.25, 0.3) is 5.56 Å². The van der Waals surface area contributed by atoms with E-state index >= 15 is 0 Å². The van der Waals surface area contributed by atoms with Crippen LogP contribution in [0.5, 0.6) is 0 Å². The van der Waals surface area contributed by atoms with Crippen molar-refractivity contribution in [1.82, 2.24) is 18.8 Å². The number of benzene rings is 2. The van der Waals surface area contributed by atoms with Gasteiger partial charge in [-0.2, -0.15) is 12.7 Å². The topological polar surface area (TPSA) is 97.2 Å². The van der Waals surface area contributed by atoms with E-state index in [1.54, 1.807) is 16.7 Å². The van der Waals surface area contributed by atoms with Gasteiger partial charge in [0.1, 0.15) is 0 Å². The molecular formula is C21H18ClN5O3S. The summed E-state index contributed by atoms with van der Waals surface area (Å²) in [7, 11) is -0.933. The summed E-state index contributed by atoms with van der Waals surface area (Å²) in [5.74, 6) is 0. The fourth-order valence-electron chi connectivity index (χ4n) is 3.04. The molecule has 0 bridgehead atoms. The number of nitrogens with one attached hydrogen (secondary N) is 1. The number of pyridine rings is 1. The van der Waals surface area contributed by atoms with Crippen LogP contribution in [0.3, 0.4) is 0 Å². The predicted octanol–water partition coefficient (Wildman–Crippen LogP) is 3.32. The van der Waals surface area contributed by atoms with Crippen LogP contribution in [0.1, 0.15) is 0 Å². The molecule has 31 heavy (non-hydrogen) atoms. The molecule has 0 saturated heterocycles. The standard InChI is InChI=1S/C21H18ClN5O3S/c1-26(2)31(29,30)25-18-10-15(12-24-21(18)22)14-8-9-17-19(11-14)27(20(28)13-23-17)16-6-4-3-5-7-16/h3-13,25H,1-2H3. The van der Waals surface area contributed by atoms with E-state index < -0.39 is 10.2 Å². The van der Waals surface area contributed by atoms with Crippen molar-refractivity contribution in [1.29, 1.82) is 0 Å². The smallest absolute Gasteiger partial charge is 0.274 e. The molecule has 0 atom stereocenters. The molecule has 0 aliphatic heterocycles. The number of hydrogen-bond donors (Lipinski definition) is 1. The lowest BCUT2D eigenvalue weighted by atomic mass is 10.1. The lowest BCUT2D eigenvalue weighted by molar-refractivity contribution is 0.527. The Morgan fingerprint density at radius 2 is 1.71 bits per heavy atom. The van der Waals surface area contributed by atoms with Gasteiger partial charge in [0.05, 0.1) is 22.9 Å². The minimum Gasteiger partial charge on any atom is -0.274 e. The van der Waals surface area contributed by atoms with Crippen LogP contribution >= 0.6 is 11.6 Å². The normalized spacial score (nSPS) is 11.7. The first-order valence-corrected chi connectivity index (χ1v) is 11.0. The maximum atomic E-state index is 12.6. The van der Waals surface area contributed by atoms with Crippen LogP contribution in [0.4, 0.5) is 5.69 Å². The summed E-state index contributed by atoms with van der Waals surface area (Å²) < 4.78 is 29.4. The lowest BCUT2D eigenvalue weighted by Gasteiger charge is -2.15. The van der Waals surface area contributed by atoms with E-state index in [-0.39, 0.29) is 16.4 Å². The zero-order chi connectivity index (χ0) is 22.2. The molecule has 8 nitrogen and oxygen atoms in total. The van der Waals surface area contributed by atoms with Gasteiger partial charge < -0.3 is 0 Å². The maximum Gasteiger partial charge on any atom is 0.301 e. The third-order valence-corrected chi connectivity index (χ3v) is 6.40. The molecule has 0 aliphatic carbocycles. The first-order chi connectivity index (χ1) is 14.8. The second-order valence-corrected chi connectivity index (χ2v) is 9.17. The molecule has 0 radical (unpaired) electrons. The number of hydrogen-bond acceptors (Lipinski definition) is 5. The largest absolute Gasteiger partial charge is 0.301 e. The molecule has 4 aromatic rings. The SMILES string of the molecule is CN(C)S(=O)(=O)Nc1cc(-c2ccc3ncc(=O)n(-c4ccccc4)c3c2)cnc1Cl. The van der Waals surface area contributed by atoms with Crippen LogP contribution < -0.4 is 10.3 Å². The van der Waals surface area contributed by atoms with Crippen LogP contribution in [0.25, 0.3) is 27.8 Å². The van der Waals surface area contributed by atoms with Crippen molar-refractivity contribution >= 4 is 38.5 Å². The Morgan fingerprint density at radius 1 is 0.968 bits per heavy atom. The van der Waals surface area contributed by atoms with Crippen LogP contribution in [-0.2, 0) is 10.2 Å². The first kappa shape index (κ1) is 21.0. The van der Waals surface area contributed by atoms with Crippen LogP contribution in [0, 0.1) is 0 Å². The van der Waals surface area contributed by atoms with Crippen molar-refractivity contribution in [3.63, 3.8) is 0 Å². The van der Waals surface area contributed by atoms with Crippen molar-refractivity contribution in [2.24, 2.45) is 0 Å². The monoisotopic (exact) mass is 455 g/mol. The van der Waals surface area contributed by atoms with Gasteiger partial charge >= 0.3 is 10.2 Å². The molecule has 158 valence electrons. The van der Waals surface area contributed by atoms with Crippen LogP contribution in [-0.4, -0.2) is 41.4 Å². The number of rotatable bonds is 5. The molecule has 0 aliphatic rings. The van der Waals surface area contributed by atoms with Gasteiger partial charge in [-0.25, -0.2) is 9.97 Å². The summed E-state index contributed by atoms with van der Waals surface area (Å²) in [6.07, 6.45) is 2.82. The van der Waals surface area contributed by atoms with E-state index in [0.717, 1.165) is 9.87 Å². The fraction of sp³-hybridized carbons (Fsp3) is 0.0952. The highest BCUT2D eigenvalue weighted by molar-refractivity contribution is 7.90. The van der Waals surface area contributed by atoms with Crippen molar-refractivity contribution in [2.75, 3.05) is 18.8 Å². The predicted molar refractivity (Wildman–Crippen MR) is 122 cm³/mol. The summed E-state index contributed by atoms with van der Waals surface area (Å²) in [5.41, 5.74) is 3.21. The summed E-state index contributed by atoms with van der Waals surface area (Å²) in [5, 5.41) is 0.0258. The Labute approximate surface area is 183 Å². The summed E-state index contributed by atoms with van der Waals surface area (Å²) >= 11 is 6.10. The number of para-hydroxylation sites is 1. The van der Waals surface area contributed by atoms with Gasteiger partial charge in [-0.15, -0.1) is 0 Å². The summed E-state index contributed by atoms with van der Waals surface area (Å²) in [6, 6.07) is 16.3. The van der Waals surface area contributed by atoms with Gasteiger partial charge in [-0.1, -0.05) is 35.9 Å². The van der Waals surface area contributed by atoms with E-state index in [2.05, 4.69) is 14.7 Å². The Balaban J connectivity index is 1.86. The second kappa shape index (κ2) is 8.10. The molecule has 0 fully saturated rings. The highest BCUT2D eigenvalue weighted by Gasteiger charge is 2.17. The Kier molecular flexibility index (Phi) is 5.48. The summed E-state index contributed by atoms with van der Waals surface area (Å²) in [6.45, 7) is 0. The van der Waals surface area contributed by atoms with E-state index in [9.17, 15) is 13.2 Å². The van der Waals surface area contributed by atoms with Gasteiger partial charge in [-0.05, 0) is 35.9 Å². The van der Waals surface area contributed by atoms with Crippen LogP contribution in [0.2, 0.25) is 5.15 Å². The van der Waals surface area contributed by atoms with Gasteiger partial charge in [0, 0.05) is 31.5 Å². The third kappa shape index (κ3) is 4.15. The number of anilines is 1. The average molecular weight is 456 g/mol. The number of halogens is 1. The quantitative estimate of drug-likeness (QED) is 0.465. The van der Waals surface area contributed by atoms with Crippen molar-refractivity contribution in [3.8, 4) is 16.8 Å². The van der Waals surface area contributed by atoms with E-state index in [1.165, 1.54) is 26.5 Å². The number of aromatic nitrogens is 3. The highest BCUT2D eigenvalue weighted by Crippen LogP contribution is 2.29. The molecule has 4 rings (SSSR count). The van der Waals surface area contributed by atoms with Gasteiger partial charge in [-0.3, -0.25) is 14.1 Å². The Bertz CT molecular complexity index is 1440. The molecule has 0 saturated carbocycles.